The van der Waals surface area contributed by atoms with Crippen molar-refractivity contribution >= 4 is 16.8 Å². The van der Waals surface area contributed by atoms with Crippen LogP contribution >= 0.6 is 0 Å². The third-order valence-corrected chi connectivity index (χ3v) is 4.47. The summed E-state index contributed by atoms with van der Waals surface area (Å²) in [6.45, 7) is 0.803. The molecule has 0 atom stereocenters. The number of amides is 1. The molecule has 136 valence electrons. The molecule has 0 radical (unpaired) electrons. The van der Waals surface area contributed by atoms with Crippen molar-refractivity contribution in [2.24, 2.45) is 0 Å². The zero-order chi connectivity index (χ0) is 18.6. The molecule has 1 amide bonds. The molecule has 0 aliphatic rings. The van der Waals surface area contributed by atoms with E-state index < -0.39 is 0 Å². The maximum Gasteiger partial charge on any atom is 0.287 e. The Morgan fingerprint density at radius 2 is 1.93 bits per heavy atom. The Hall–Kier alpha value is -3.54. The monoisotopic (exact) mass is 361 g/mol. The fourth-order valence-corrected chi connectivity index (χ4v) is 3.08. The summed E-state index contributed by atoms with van der Waals surface area (Å²) in [5.74, 6) is 0.541. The number of fused-ring (bicyclic) bond motifs is 1. The van der Waals surface area contributed by atoms with Crippen molar-refractivity contribution in [2.75, 3.05) is 6.54 Å². The van der Waals surface area contributed by atoms with Crippen molar-refractivity contribution in [1.29, 1.82) is 0 Å². The Labute approximate surface area is 155 Å². The van der Waals surface area contributed by atoms with Crippen LogP contribution in [0.3, 0.4) is 0 Å². The highest BCUT2D eigenvalue weighted by molar-refractivity contribution is 5.91. The largest absolute Gasteiger partial charge is 0.454 e. The first-order chi connectivity index (χ1) is 13.2. The van der Waals surface area contributed by atoms with Gasteiger partial charge in [-0.2, -0.15) is 0 Å². The van der Waals surface area contributed by atoms with Gasteiger partial charge in [0.1, 0.15) is 5.76 Å². The number of H-pyrrole nitrogens is 1. The maximum absolute atomic E-state index is 12.3. The van der Waals surface area contributed by atoms with Crippen LogP contribution < -0.4 is 10.9 Å². The second-order valence-corrected chi connectivity index (χ2v) is 6.30. The van der Waals surface area contributed by atoms with Crippen molar-refractivity contribution < 1.29 is 9.21 Å². The first-order valence-corrected chi connectivity index (χ1v) is 8.78. The van der Waals surface area contributed by atoms with Gasteiger partial charge in [-0.15, -0.1) is 0 Å². The fourth-order valence-electron chi connectivity index (χ4n) is 3.08. The lowest BCUT2D eigenvalue weighted by atomic mass is 10.1. The Morgan fingerprint density at radius 3 is 2.81 bits per heavy atom. The highest BCUT2D eigenvalue weighted by Gasteiger charge is 2.12. The fraction of sp³-hybridized carbons (Fsp3) is 0.143. The number of aromatic amines is 1. The van der Waals surface area contributed by atoms with Gasteiger partial charge in [0.05, 0.1) is 6.54 Å². The number of hydrogen-bond donors (Lipinski definition) is 2. The zero-order valence-corrected chi connectivity index (χ0v) is 14.6. The molecule has 0 saturated carbocycles. The second kappa shape index (κ2) is 7.37. The molecule has 1 aromatic carbocycles. The first kappa shape index (κ1) is 16.9. The van der Waals surface area contributed by atoms with Gasteiger partial charge in [-0.1, -0.05) is 24.3 Å². The molecule has 0 fully saturated rings. The number of carbonyl (C=O) groups is 1. The Morgan fingerprint density at radius 1 is 1.07 bits per heavy atom. The van der Waals surface area contributed by atoms with Crippen LogP contribution in [0.1, 0.15) is 21.9 Å². The van der Waals surface area contributed by atoms with Crippen LogP contribution in [0, 0.1) is 0 Å². The van der Waals surface area contributed by atoms with Gasteiger partial charge in [0.25, 0.3) is 11.5 Å². The van der Waals surface area contributed by atoms with Crippen LogP contribution in [0.5, 0.6) is 0 Å². The lowest BCUT2D eigenvalue weighted by molar-refractivity contribution is 0.0924. The van der Waals surface area contributed by atoms with E-state index in [4.69, 9.17) is 4.42 Å². The topological polar surface area (TPSA) is 80.0 Å². The summed E-state index contributed by atoms with van der Waals surface area (Å²) in [6.07, 6.45) is 4.38. The molecule has 4 rings (SSSR count). The molecule has 0 spiro atoms. The maximum atomic E-state index is 12.3. The van der Waals surface area contributed by atoms with E-state index in [0.717, 1.165) is 17.5 Å². The number of furan rings is 1. The van der Waals surface area contributed by atoms with E-state index in [1.807, 2.05) is 24.4 Å². The van der Waals surface area contributed by atoms with E-state index in [1.165, 1.54) is 16.0 Å². The van der Waals surface area contributed by atoms with Crippen molar-refractivity contribution in [2.45, 2.75) is 13.0 Å². The number of aromatic nitrogens is 2. The van der Waals surface area contributed by atoms with Gasteiger partial charge in [0, 0.05) is 35.9 Å². The van der Waals surface area contributed by atoms with Crippen molar-refractivity contribution in [3.8, 4) is 0 Å². The van der Waals surface area contributed by atoms with Crippen LogP contribution in [0.25, 0.3) is 10.9 Å². The molecule has 6 heteroatoms. The normalized spacial score (nSPS) is 11.0. The van der Waals surface area contributed by atoms with Gasteiger partial charge < -0.3 is 19.3 Å². The van der Waals surface area contributed by atoms with Crippen LogP contribution in [0.2, 0.25) is 0 Å². The summed E-state index contributed by atoms with van der Waals surface area (Å²) in [7, 11) is 0. The van der Waals surface area contributed by atoms with E-state index in [1.54, 1.807) is 30.5 Å². The van der Waals surface area contributed by atoms with Crippen LogP contribution in [-0.4, -0.2) is 22.0 Å². The van der Waals surface area contributed by atoms with Crippen molar-refractivity contribution in [3.63, 3.8) is 0 Å². The molecule has 0 aliphatic heterocycles. The number of pyridine rings is 1. The molecular weight excluding hydrogens is 342 g/mol. The minimum absolute atomic E-state index is 0.112. The highest BCUT2D eigenvalue weighted by atomic mass is 16.4. The van der Waals surface area contributed by atoms with Crippen LogP contribution in [0.4, 0.5) is 0 Å². The zero-order valence-electron chi connectivity index (χ0n) is 14.6. The van der Waals surface area contributed by atoms with Crippen molar-refractivity contribution in [3.05, 3.63) is 94.4 Å². The van der Waals surface area contributed by atoms with Crippen molar-refractivity contribution in [1.82, 2.24) is 14.9 Å². The van der Waals surface area contributed by atoms with E-state index in [0.29, 0.717) is 18.8 Å². The molecule has 4 aromatic rings. The average Bonchev–Trinajstić information content (AvgIpc) is 3.31. The number of nitrogens with one attached hydrogen (secondary N) is 2. The SMILES string of the molecule is O=C(NCCc1c[nH]c2ccccc12)c1ccc(Cn2ccccc2=O)o1. The van der Waals surface area contributed by atoms with E-state index in [-0.39, 0.29) is 17.2 Å². The Bertz CT molecular complexity index is 1140. The summed E-state index contributed by atoms with van der Waals surface area (Å²) in [6, 6.07) is 16.4. The highest BCUT2D eigenvalue weighted by Crippen LogP contribution is 2.17. The number of nitrogens with zero attached hydrogens (tertiary/aromatic N) is 1. The number of para-hydroxylation sites is 1. The molecule has 0 saturated heterocycles. The molecule has 0 bridgehead atoms. The van der Waals surface area contributed by atoms with Crippen LogP contribution in [-0.2, 0) is 13.0 Å². The standard InChI is InChI=1S/C21H19N3O3/c25-20-7-3-4-12-24(20)14-16-8-9-19(27-16)21(26)22-11-10-15-13-23-18-6-2-1-5-17(15)18/h1-9,12-13,23H,10-11,14H2,(H,22,26). The molecule has 3 heterocycles. The summed E-state index contributed by atoms with van der Waals surface area (Å²) < 4.78 is 7.11. The molecular formula is C21H19N3O3. The lowest BCUT2D eigenvalue weighted by Crippen LogP contribution is -2.25. The lowest BCUT2D eigenvalue weighted by Gasteiger charge is -2.04. The third-order valence-electron chi connectivity index (χ3n) is 4.47. The van der Waals surface area contributed by atoms with E-state index >= 15 is 0 Å². The number of hydrogen-bond acceptors (Lipinski definition) is 3. The first-order valence-electron chi connectivity index (χ1n) is 8.78. The molecule has 0 unspecified atom stereocenters. The Kier molecular flexibility index (Phi) is 4.61. The minimum atomic E-state index is -0.263. The predicted molar refractivity (Wildman–Crippen MR) is 103 cm³/mol. The summed E-state index contributed by atoms with van der Waals surface area (Å²) in [4.78, 5) is 27.3. The van der Waals surface area contributed by atoms with E-state index in [9.17, 15) is 9.59 Å². The predicted octanol–water partition coefficient (Wildman–Crippen LogP) is 2.94. The summed E-state index contributed by atoms with van der Waals surface area (Å²) in [5.41, 5.74) is 2.14. The molecule has 6 nitrogen and oxygen atoms in total. The second-order valence-electron chi connectivity index (χ2n) is 6.30. The Balaban J connectivity index is 1.36. The van der Waals surface area contributed by atoms with Gasteiger partial charge in [0.15, 0.2) is 5.76 Å². The average molecular weight is 361 g/mol. The van der Waals surface area contributed by atoms with E-state index in [2.05, 4.69) is 16.4 Å². The quantitative estimate of drug-likeness (QED) is 0.554. The molecule has 2 N–H and O–H groups in total. The number of carbonyl (C=O) groups excluding carboxylic acids is 1. The molecule has 27 heavy (non-hydrogen) atoms. The van der Waals surface area contributed by atoms with Gasteiger partial charge in [-0.25, -0.2) is 0 Å². The minimum Gasteiger partial charge on any atom is -0.454 e. The number of rotatable bonds is 6. The number of benzene rings is 1. The van der Waals surface area contributed by atoms with Crippen LogP contribution in [0.15, 0.2) is 76.2 Å². The molecule has 3 aromatic heterocycles. The van der Waals surface area contributed by atoms with Gasteiger partial charge in [-0.3, -0.25) is 9.59 Å². The summed E-state index contributed by atoms with van der Waals surface area (Å²) in [5, 5.41) is 4.04. The van der Waals surface area contributed by atoms with Gasteiger partial charge in [0.2, 0.25) is 0 Å². The molecule has 0 aliphatic carbocycles. The third kappa shape index (κ3) is 3.69. The smallest absolute Gasteiger partial charge is 0.287 e. The van der Waals surface area contributed by atoms with Gasteiger partial charge in [-0.05, 0) is 36.2 Å². The van der Waals surface area contributed by atoms with Gasteiger partial charge >= 0.3 is 0 Å². The summed E-state index contributed by atoms with van der Waals surface area (Å²) >= 11 is 0.